The molecule has 5 nitrogen and oxygen atoms in total. The molecular weight excluding hydrogens is 200 g/mol. The number of anilines is 1. The molecule has 0 spiro atoms. The number of hydrogen-bond donors (Lipinski definition) is 2. The molecule has 76 valence electrons. The van der Waals surface area contributed by atoms with Gasteiger partial charge in [-0.15, -0.1) is 10.2 Å². The van der Waals surface area contributed by atoms with E-state index in [9.17, 15) is 4.79 Å². The monoisotopic (exact) mass is 212 g/mol. The van der Waals surface area contributed by atoms with Crippen LogP contribution in [0.1, 0.15) is 17.8 Å². The zero-order valence-electron chi connectivity index (χ0n) is 7.91. The highest BCUT2D eigenvalue weighted by Gasteiger charge is 2.23. The van der Waals surface area contributed by atoms with Crippen molar-refractivity contribution in [3.63, 3.8) is 0 Å². The number of aromatic nitrogens is 2. The Labute approximate surface area is 85.9 Å². The Kier molecular flexibility index (Phi) is 2.62. The van der Waals surface area contributed by atoms with Gasteiger partial charge in [-0.05, 0) is 12.8 Å². The van der Waals surface area contributed by atoms with Gasteiger partial charge in [0.05, 0.1) is 6.42 Å². The van der Waals surface area contributed by atoms with E-state index in [0.29, 0.717) is 12.5 Å². The summed E-state index contributed by atoms with van der Waals surface area (Å²) in [4.78, 5) is 11.4. The molecule has 0 radical (unpaired) electrons. The van der Waals surface area contributed by atoms with E-state index in [-0.39, 0.29) is 5.91 Å². The van der Waals surface area contributed by atoms with Gasteiger partial charge in [0.1, 0.15) is 5.01 Å². The van der Waals surface area contributed by atoms with Crippen molar-refractivity contribution in [2.75, 3.05) is 12.4 Å². The molecule has 0 atom stereocenters. The van der Waals surface area contributed by atoms with E-state index in [0.717, 1.165) is 23.0 Å². The Balaban J connectivity index is 1.85. The van der Waals surface area contributed by atoms with Gasteiger partial charge in [0, 0.05) is 13.1 Å². The molecular formula is C8H12N4OS. The van der Waals surface area contributed by atoms with Gasteiger partial charge in [-0.1, -0.05) is 11.3 Å². The summed E-state index contributed by atoms with van der Waals surface area (Å²) in [6, 6.07) is 0.416. The van der Waals surface area contributed by atoms with Crippen LogP contribution >= 0.6 is 11.3 Å². The van der Waals surface area contributed by atoms with Crippen molar-refractivity contribution in [1.29, 1.82) is 0 Å². The molecule has 1 aliphatic rings. The predicted molar refractivity (Wildman–Crippen MR) is 54.3 cm³/mol. The third kappa shape index (κ3) is 2.41. The first kappa shape index (κ1) is 9.39. The molecule has 1 fully saturated rings. The number of hydrogen-bond acceptors (Lipinski definition) is 5. The third-order valence-corrected chi connectivity index (χ3v) is 2.88. The molecule has 1 aromatic heterocycles. The van der Waals surface area contributed by atoms with Crippen LogP contribution in [-0.2, 0) is 11.2 Å². The Morgan fingerprint density at radius 1 is 1.57 bits per heavy atom. The summed E-state index contributed by atoms with van der Waals surface area (Å²) in [7, 11) is 1.79. The first-order chi connectivity index (χ1) is 6.78. The average Bonchev–Trinajstić information content (AvgIpc) is 2.83. The second kappa shape index (κ2) is 3.91. The van der Waals surface area contributed by atoms with Crippen LogP contribution in [-0.4, -0.2) is 29.2 Å². The molecule has 0 aliphatic heterocycles. The third-order valence-electron chi connectivity index (χ3n) is 1.93. The summed E-state index contributed by atoms with van der Waals surface area (Å²) in [5.41, 5.74) is 0. The number of nitrogens with zero attached hydrogens (tertiary/aromatic N) is 2. The molecule has 1 heterocycles. The molecule has 0 saturated heterocycles. The van der Waals surface area contributed by atoms with Gasteiger partial charge in [-0.25, -0.2) is 0 Å². The summed E-state index contributed by atoms with van der Waals surface area (Å²) in [6.07, 6.45) is 2.57. The van der Waals surface area contributed by atoms with E-state index in [1.807, 2.05) is 0 Å². The van der Waals surface area contributed by atoms with Crippen LogP contribution in [0.4, 0.5) is 5.13 Å². The van der Waals surface area contributed by atoms with Crippen molar-refractivity contribution in [2.24, 2.45) is 0 Å². The molecule has 1 saturated carbocycles. The second-order valence-corrected chi connectivity index (χ2v) is 4.33. The van der Waals surface area contributed by atoms with E-state index in [1.165, 1.54) is 11.3 Å². The molecule has 1 amide bonds. The zero-order chi connectivity index (χ0) is 9.97. The van der Waals surface area contributed by atoms with Crippen molar-refractivity contribution in [1.82, 2.24) is 15.5 Å². The minimum Gasteiger partial charge on any atom is -0.363 e. The van der Waals surface area contributed by atoms with Crippen molar-refractivity contribution < 1.29 is 4.79 Å². The first-order valence-corrected chi connectivity index (χ1v) is 5.39. The van der Waals surface area contributed by atoms with Gasteiger partial charge in [0.15, 0.2) is 0 Å². The van der Waals surface area contributed by atoms with E-state index in [2.05, 4.69) is 20.8 Å². The smallest absolute Gasteiger partial charge is 0.227 e. The summed E-state index contributed by atoms with van der Waals surface area (Å²) >= 11 is 1.41. The Morgan fingerprint density at radius 2 is 2.36 bits per heavy atom. The maximum atomic E-state index is 11.4. The summed E-state index contributed by atoms with van der Waals surface area (Å²) < 4.78 is 0. The average molecular weight is 212 g/mol. The minimum absolute atomic E-state index is 0.0475. The van der Waals surface area contributed by atoms with E-state index in [4.69, 9.17) is 0 Å². The van der Waals surface area contributed by atoms with Gasteiger partial charge in [0.25, 0.3) is 0 Å². The molecule has 0 bridgehead atoms. The quantitative estimate of drug-likeness (QED) is 0.758. The van der Waals surface area contributed by atoms with Gasteiger partial charge in [-0.2, -0.15) is 0 Å². The van der Waals surface area contributed by atoms with Crippen molar-refractivity contribution in [3.8, 4) is 0 Å². The fourth-order valence-electron chi connectivity index (χ4n) is 1.07. The summed E-state index contributed by atoms with van der Waals surface area (Å²) in [6.45, 7) is 0. The van der Waals surface area contributed by atoms with E-state index < -0.39 is 0 Å². The largest absolute Gasteiger partial charge is 0.363 e. The highest BCUT2D eigenvalue weighted by Crippen LogP contribution is 2.19. The fraction of sp³-hybridized carbons (Fsp3) is 0.625. The molecule has 0 unspecified atom stereocenters. The van der Waals surface area contributed by atoms with Crippen LogP contribution < -0.4 is 10.6 Å². The first-order valence-electron chi connectivity index (χ1n) is 4.57. The lowest BCUT2D eigenvalue weighted by Crippen LogP contribution is -2.26. The predicted octanol–water partition coefficient (Wildman–Crippen LogP) is 0.401. The van der Waals surface area contributed by atoms with Crippen LogP contribution in [0.2, 0.25) is 0 Å². The van der Waals surface area contributed by atoms with Crippen LogP contribution in [0.15, 0.2) is 0 Å². The van der Waals surface area contributed by atoms with E-state index >= 15 is 0 Å². The highest BCUT2D eigenvalue weighted by atomic mass is 32.1. The fourth-order valence-corrected chi connectivity index (χ4v) is 1.76. The minimum atomic E-state index is 0.0475. The molecule has 1 aromatic rings. The van der Waals surface area contributed by atoms with Crippen LogP contribution in [0.5, 0.6) is 0 Å². The number of carbonyl (C=O) groups excluding carboxylic acids is 1. The van der Waals surface area contributed by atoms with Crippen molar-refractivity contribution in [2.45, 2.75) is 25.3 Å². The van der Waals surface area contributed by atoms with Crippen LogP contribution in [0.3, 0.4) is 0 Å². The number of rotatable bonds is 4. The number of carbonyl (C=O) groups is 1. The summed E-state index contributed by atoms with van der Waals surface area (Å²) in [5, 5.41) is 15.1. The number of nitrogens with one attached hydrogen (secondary N) is 2. The molecule has 14 heavy (non-hydrogen) atoms. The highest BCUT2D eigenvalue weighted by molar-refractivity contribution is 7.15. The SMILES string of the molecule is CNc1nnc(CC(=O)NC2CC2)s1. The lowest BCUT2D eigenvalue weighted by Gasteiger charge is -1.98. The Hall–Kier alpha value is -1.17. The van der Waals surface area contributed by atoms with Gasteiger partial charge in [-0.3, -0.25) is 4.79 Å². The molecule has 0 aromatic carbocycles. The molecule has 1 aliphatic carbocycles. The Bertz CT molecular complexity index is 334. The lowest BCUT2D eigenvalue weighted by atomic mass is 10.4. The zero-order valence-corrected chi connectivity index (χ0v) is 8.73. The standard InChI is InChI=1S/C8H12N4OS/c1-9-8-12-11-7(14-8)4-6(13)10-5-2-3-5/h5H,2-4H2,1H3,(H,9,12)(H,10,13). The van der Waals surface area contributed by atoms with Crippen LogP contribution in [0, 0.1) is 0 Å². The topological polar surface area (TPSA) is 66.9 Å². The molecule has 2 rings (SSSR count). The number of amides is 1. The van der Waals surface area contributed by atoms with E-state index in [1.54, 1.807) is 7.05 Å². The normalized spacial score (nSPS) is 15.2. The molecule has 2 N–H and O–H groups in total. The summed E-state index contributed by atoms with van der Waals surface area (Å²) in [5.74, 6) is 0.0475. The van der Waals surface area contributed by atoms with Gasteiger partial charge < -0.3 is 10.6 Å². The van der Waals surface area contributed by atoms with Crippen molar-refractivity contribution in [3.05, 3.63) is 5.01 Å². The maximum Gasteiger partial charge on any atom is 0.227 e. The second-order valence-electron chi connectivity index (χ2n) is 3.27. The van der Waals surface area contributed by atoms with Gasteiger partial charge >= 0.3 is 0 Å². The van der Waals surface area contributed by atoms with Gasteiger partial charge in [0.2, 0.25) is 11.0 Å². The van der Waals surface area contributed by atoms with Crippen LogP contribution in [0.25, 0.3) is 0 Å². The maximum absolute atomic E-state index is 11.4. The van der Waals surface area contributed by atoms with Crippen molar-refractivity contribution >= 4 is 22.4 Å². The lowest BCUT2D eigenvalue weighted by molar-refractivity contribution is -0.120. The Morgan fingerprint density at radius 3 is 2.93 bits per heavy atom. The molecule has 6 heteroatoms.